The Morgan fingerprint density at radius 1 is 1.14 bits per heavy atom. The zero-order valence-corrected chi connectivity index (χ0v) is 8.45. The first kappa shape index (κ1) is 9.16. The predicted molar refractivity (Wildman–Crippen MR) is 55.5 cm³/mol. The molecule has 1 aromatic rings. The quantitative estimate of drug-likeness (QED) is 0.710. The number of hydrogen-bond donors (Lipinski definition) is 1. The maximum absolute atomic E-state index is 11.6. The van der Waals surface area contributed by atoms with E-state index in [0.717, 1.165) is 11.1 Å². The van der Waals surface area contributed by atoms with Gasteiger partial charge in [0.2, 0.25) is 0 Å². The molecule has 2 rings (SSSR count). The van der Waals surface area contributed by atoms with Gasteiger partial charge in [-0.15, -0.1) is 0 Å². The van der Waals surface area contributed by atoms with Gasteiger partial charge in [-0.3, -0.25) is 5.32 Å². The van der Waals surface area contributed by atoms with E-state index in [-0.39, 0.29) is 5.91 Å². The average molecular weight is 188 g/mol. The minimum atomic E-state index is 0.116. The molecule has 0 aliphatic carbocycles. The van der Waals surface area contributed by atoms with E-state index >= 15 is 0 Å². The van der Waals surface area contributed by atoms with Gasteiger partial charge in [0.1, 0.15) is 6.20 Å². The van der Waals surface area contributed by atoms with Gasteiger partial charge in [0.15, 0.2) is 0 Å². The molecule has 2 N–H and O–H groups in total. The van der Waals surface area contributed by atoms with Gasteiger partial charge < -0.3 is 0 Å². The molecular weight excluding hydrogens is 174 g/mol. The fraction of sp³-hybridized carbons (Fsp3) is 0.250. The number of fused-ring (bicyclic) bond motifs is 1. The number of carbonyl (C=O) groups is 1. The van der Waals surface area contributed by atoms with Crippen LogP contribution in [0.5, 0.6) is 0 Å². The lowest BCUT2D eigenvalue weighted by atomic mass is 9.90. The molecule has 1 amide bonds. The third-order valence-corrected chi connectivity index (χ3v) is 2.54. The van der Waals surface area contributed by atoms with Crippen molar-refractivity contribution < 1.29 is 10.1 Å². The second kappa shape index (κ2) is 3.39. The van der Waals surface area contributed by atoms with Crippen molar-refractivity contribution in [3.05, 3.63) is 41.6 Å². The standard InChI is InChI=1S/C12H13NO/c1-8(2)11-7-13-12(14)10-6-4-3-5-9(10)11/h3-8H,1-2H3,(H,13,14)/p+1. The minimum Gasteiger partial charge on any atom is -0.252 e. The van der Waals surface area contributed by atoms with Crippen LogP contribution in [-0.4, -0.2) is 5.91 Å². The molecule has 1 aromatic carbocycles. The van der Waals surface area contributed by atoms with Crippen LogP contribution < -0.4 is 5.32 Å². The van der Waals surface area contributed by atoms with E-state index in [1.54, 1.807) is 5.32 Å². The summed E-state index contributed by atoms with van der Waals surface area (Å²) in [5.74, 6) is 0.575. The van der Waals surface area contributed by atoms with Crippen molar-refractivity contribution in [1.29, 1.82) is 0 Å². The summed E-state index contributed by atoms with van der Waals surface area (Å²) in [6.45, 7) is 4.29. The molecule has 2 nitrogen and oxygen atoms in total. The van der Waals surface area contributed by atoms with E-state index < -0.39 is 0 Å². The topological polar surface area (TPSA) is 33.7 Å². The zero-order valence-electron chi connectivity index (χ0n) is 8.45. The van der Waals surface area contributed by atoms with Crippen LogP contribution in [0.2, 0.25) is 0 Å². The number of quaternary nitrogens is 1. The second-order valence-electron chi connectivity index (χ2n) is 3.85. The van der Waals surface area contributed by atoms with Crippen LogP contribution in [0, 0.1) is 5.92 Å². The van der Waals surface area contributed by atoms with Crippen LogP contribution >= 0.6 is 0 Å². The van der Waals surface area contributed by atoms with Crippen LogP contribution in [0.4, 0.5) is 0 Å². The van der Waals surface area contributed by atoms with E-state index in [4.69, 9.17) is 0 Å². The van der Waals surface area contributed by atoms with Gasteiger partial charge in [-0.05, 0) is 12.0 Å². The number of hydrogen-bond acceptors (Lipinski definition) is 1. The number of primary amides is 1. The molecule has 0 aromatic heterocycles. The largest absolute Gasteiger partial charge is 0.347 e. The summed E-state index contributed by atoms with van der Waals surface area (Å²) >= 11 is 0. The Labute approximate surface area is 83.6 Å². The molecule has 1 heterocycles. The number of allylic oxidation sites excluding steroid dienone is 1. The molecule has 2 heteroatoms. The van der Waals surface area contributed by atoms with E-state index in [2.05, 4.69) is 13.8 Å². The van der Waals surface area contributed by atoms with Gasteiger partial charge in [-0.25, -0.2) is 4.79 Å². The van der Waals surface area contributed by atoms with Crippen LogP contribution in [0.15, 0.2) is 30.5 Å². The normalized spacial score (nSPS) is 15.4. The minimum absolute atomic E-state index is 0.116. The van der Waals surface area contributed by atoms with Gasteiger partial charge in [0, 0.05) is 11.1 Å². The first-order valence-corrected chi connectivity index (χ1v) is 4.89. The molecule has 72 valence electrons. The highest BCUT2D eigenvalue weighted by Gasteiger charge is 2.23. The molecule has 0 spiro atoms. The Hall–Kier alpha value is -1.41. The molecule has 14 heavy (non-hydrogen) atoms. The number of carbonyl (C=O) groups excluding carboxylic acids is 1. The van der Waals surface area contributed by atoms with Gasteiger partial charge >= 0.3 is 5.91 Å². The molecule has 0 bridgehead atoms. The average Bonchev–Trinajstić information content (AvgIpc) is 2.18. The highest BCUT2D eigenvalue weighted by atomic mass is 16.1. The Morgan fingerprint density at radius 3 is 2.43 bits per heavy atom. The van der Waals surface area contributed by atoms with Crippen LogP contribution in [0.3, 0.4) is 0 Å². The van der Waals surface area contributed by atoms with Gasteiger partial charge in [0.25, 0.3) is 0 Å². The Balaban J connectivity index is 2.57. The Morgan fingerprint density at radius 2 is 1.79 bits per heavy atom. The Bertz CT molecular complexity index is 405. The zero-order chi connectivity index (χ0) is 10.1. The maximum atomic E-state index is 11.6. The predicted octanol–water partition coefficient (Wildman–Crippen LogP) is 1.40. The van der Waals surface area contributed by atoms with Gasteiger partial charge in [-0.2, -0.15) is 0 Å². The van der Waals surface area contributed by atoms with E-state index in [1.165, 1.54) is 5.57 Å². The lowest BCUT2D eigenvalue weighted by Gasteiger charge is -2.16. The van der Waals surface area contributed by atoms with Crippen molar-refractivity contribution in [3.8, 4) is 0 Å². The summed E-state index contributed by atoms with van der Waals surface area (Å²) in [5.41, 5.74) is 3.17. The molecule has 0 saturated carbocycles. The van der Waals surface area contributed by atoms with E-state index in [1.807, 2.05) is 30.5 Å². The lowest BCUT2D eigenvalue weighted by molar-refractivity contribution is -0.481. The summed E-state index contributed by atoms with van der Waals surface area (Å²) in [4.78, 5) is 11.6. The van der Waals surface area contributed by atoms with E-state index in [0.29, 0.717) is 5.92 Å². The van der Waals surface area contributed by atoms with Crippen molar-refractivity contribution in [2.45, 2.75) is 13.8 Å². The molecule has 1 aliphatic rings. The van der Waals surface area contributed by atoms with Crippen molar-refractivity contribution >= 4 is 11.5 Å². The smallest absolute Gasteiger partial charge is 0.252 e. The lowest BCUT2D eigenvalue weighted by Crippen LogP contribution is -2.83. The number of nitrogens with two attached hydrogens (primary N) is 1. The van der Waals surface area contributed by atoms with Crippen molar-refractivity contribution in [3.63, 3.8) is 0 Å². The maximum Gasteiger partial charge on any atom is 0.347 e. The molecule has 0 fully saturated rings. The van der Waals surface area contributed by atoms with Gasteiger partial charge in [0.05, 0.1) is 5.56 Å². The SMILES string of the molecule is CC(C)C1=C[NH2+]C(=O)c2ccccc21. The van der Waals surface area contributed by atoms with Crippen LogP contribution in [0.25, 0.3) is 5.57 Å². The summed E-state index contributed by atoms with van der Waals surface area (Å²) < 4.78 is 0. The monoisotopic (exact) mass is 188 g/mol. The van der Waals surface area contributed by atoms with E-state index in [9.17, 15) is 4.79 Å². The molecule has 0 atom stereocenters. The summed E-state index contributed by atoms with van der Waals surface area (Å²) in [5, 5.41) is 1.66. The van der Waals surface area contributed by atoms with Gasteiger partial charge in [-0.1, -0.05) is 32.0 Å². The van der Waals surface area contributed by atoms with Crippen molar-refractivity contribution in [2.24, 2.45) is 5.92 Å². The second-order valence-corrected chi connectivity index (χ2v) is 3.85. The summed E-state index contributed by atoms with van der Waals surface area (Å²) in [6.07, 6.45) is 1.94. The first-order chi connectivity index (χ1) is 6.70. The number of benzene rings is 1. The number of rotatable bonds is 1. The molecule has 0 unspecified atom stereocenters. The highest BCUT2D eigenvalue weighted by molar-refractivity contribution is 5.95. The fourth-order valence-corrected chi connectivity index (χ4v) is 1.80. The molecule has 0 radical (unpaired) electrons. The molecular formula is C12H14NO+. The van der Waals surface area contributed by atoms with Crippen LogP contribution in [0.1, 0.15) is 29.8 Å². The molecule has 1 aliphatic heterocycles. The summed E-state index contributed by atoms with van der Waals surface area (Å²) in [7, 11) is 0. The first-order valence-electron chi connectivity index (χ1n) is 4.89. The third kappa shape index (κ3) is 1.38. The van der Waals surface area contributed by atoms with Crippen molar-refractivity contribution in [1.82, 2.24) is 0 Å². The number of amides is 1. The third-order valence-electron chi connectivity index (χ3n) is 2.54. The van der Waals surface area contributed by atoms with Crippen LogP contribution in [-0.2, 0) is 0 Å². The Kier molecular flexibility index (Phi) is 2.22. The fourth-order valence-electron chi connectivity index (χ4n) is 1.80. The summed E-state index contributed by atoms with van der Waals surface area (Å²) in [6, 6.07) is 7.80. The highest BCUT2D eigenvalue weighted by Crippen LogP contribution is 2.26. The van der Waals surface area contributed by atoms with Crippen molar-refractivity contribution in [2.75, 3.05) is 0 Å². The molecule has 0 saturated heterocycles.